The van der Waals surface area contributed by atoms with Gasteiger partial charge in [0, 0.05) is 5.69 Å². The van der Waals surface area contributed by atoms with Crippen LogP contribution >= 0.6 is 0 Å². The molecule has 0 aromatic heterocycles. The van der Waals surface area contributed by atoms with Crippen LogP contribution in [0.3, 0.4) is 0 Å². The summed E-state index contributed by atoms with van der Waals surface area (Å²) >= 11 is 0. The largest absolute Gasteiger partial charge is 0.462 e. The highest BCUT2D eigenvalue weighted by Gasteiger charge is 2.21. The summed E-state index contributed by atoms with van der Waals surface area (Å²) in [6.45, 7) is 4.58. The molecule has 0 aliphatic heterocycles. The van der Waals surface area contributed by atoms with E-state index in [0.29, 0.717) is 17.9 Å². The molecule has 0 spiro atoms. The van der Waals surface area contributed by atoms with E-state index in [1.54, 1.807) is 12.1 Å². The monoisotopic (exact) mass is 389 g/mol. The highest BCUT2D eigenvalue weighted by atomic mass is 16.5. The lowest BCUT2D eigenvalue weighted by atomic mass is 10.1. The molecule has 0 fully saturated rings. The van der Waals surface area contributed by atoms with E-state index in [1.165, 1.54) is 12.1 Å². The maximum absolute atomic E-state index is 12.3. The standard InChI is InChI=1S/C20H27N3O5/c1-3-5-13-27-19(25)15-7-9-16(10-8-15)22-18(24)17(11-12-21)23-20(26)28-14-6-4-2/h7-10,17H,3-6,11,13-14H2,1-2H3,(H,22,24)(H,23,26). The maximum Gasteiger partial charge on any atom is 0.407 e. The Morgan fingerprint density at radius 2 is 1.64 bits per heavy atom. The molecule has 8 heteroatoms. The van der Waals surface area contributed by atoms with Gasteiger partial charge in [-0.3, -0.25) is 4.79 Å². The molecule has 0 saturated heterocycles. The van der Waals surface area contributed by atoms with Crippen LogP contribution in [0.25, 0.3) is 0 Å². The molecule has 0 aliphatic carbocycles. The van der Waals surface area contributed by atoms with Crippen molar-refractivity contribution in [3.63, 3.8) is 0 Å². The highest BCUT2D eigenvalue weighted by molar-refractivity contribution is 5.97. The summed E-state index contributed by atoms with van der Waals surface area (Å²) < 4.78 is 10.1. The second-order valence-electron chi connectivity index (χ2n) is 6.10. The Kier molecular flexibility index (Phi) is 10.8. The average Bonchev–Trinajstić information content (AvgIpc) is 2.68. The van der Waals surface area contributed by atoms with Gasteiger partial charge in [0.2, 0.25) is 5.91 Å². The van der Waals surface area contributed by atoms with Gasteiger partial charge in [-0.15, -0.1) is 0 Å². The number of anilines is 1. The molecule has 1 aromatic rings. The molecule has 2 amide bonds. The van der Waals surface area contributed by atoms with Crippen LogP contribution in [-0.2, 0) is 14.3 Å². The minimum atomic E-state index is -1.04. The zero-order valence-electron chi connectivity index (χ0n) is 16.3. The molecule has 28 heavy (non-hydrogen) atoms. The quantitative estimate of drug-likeness (QED) is 0.442. The Balaban J connectivity index is 2.61. The molecule has 0 heterocycles. The Morgan fingerprint density at radius 1 is 1.04 bits per heavy atom. The number of nitrogens with zero attached hydrogens (tertiary/aromatic N) is 1. The van der Waals surface area contributed by atoms with Crippen LogP contribution < -0.4 is 10.6 Å². The maximum atomic E-state index is 12.3. The molecule has 0 aliphatic rings. The van der Waals surface area contributed by atoms with Crippen LogP contribution in [0.2, 0.25) is 0 Å². The van der Waals surface area contributed by atoms with E-state index < -0.39 is 24.0 Å². The Morgan fingerprint density at radius 3 is 2.21 bits per heavy atom. The zero-order valence-corrected chi connectivity index (χ0v) is 16.3. The van der Waals surface area contributed by atoms with E-state index >= 15 is 0 Å². The van der Waals surface area contributed by atoms with E-state index in [4.69, 9.17) is 14.7 Å². The topological polar surface area (TPSA) is 118 Å². The molecule has 1 rings (SSSR count). The van der Waals surface area contributed by atoms with Crippen LogP contribution in [-0.4, -0.2) is 37.2 Å². The number of hydrogen-bond donors (Lipinski definition) is 2. The lowest BCUT2D eigenvalue weighted by molar-refractivity contribution is -0.118. The van der Waals surface area contributed by atoms with Gasteiger partial charge in [-0.2, -0.15) is 5.26 Å². The van der Waals surface area contributed by atoms with Crippen molar-refractivity contribution in [1.29, 1.82) is 5.26 Å². The van der Waals surface area contributed by atoms with E-state index in [1.807, 2.05) is 19.9 Å². The summed E-state index contributed by atoms with van der Waals surface area (Å²) in [7, 11) is 0. The first kappa shape index (κ1) is 23.0. The third-order valence-corrected chi connectivity index (χ3v) is 3.75. The molecule has 2 N–H and O–H groups in total. The number of carbonyl (C=O) groups is 3. The minimum absolute atomic E-state index is 0.198. The van der Waals surface area contributed by atoms with Gasteiger partial charge < -0.3 is 20.1 Å². The summed E-state index contributed by atoms with van der Waals surface area (Å²) in [4.78, 5) is 35.9. The fourth-order valence-electron chi connectivity index (χ4n) is 2.11. The van der Waals surface area contributed by atoms with E-state index in [0.717, 1.165) is 25.7 Å². The van der Waals surface area contributed by atoms with Gasteiger partial charge in [-0.05, 0) is 37.1 Å². The molecule has 0 bridgehead atoms. The van der Waals surface area contributed by atoms with Crippen molar-refractivity contribution in [2.75, 3.05) is 18.5 Å². The molecule has 1 aromatic carbocycles. The number of esters is 1. The van der Waals surface area contributed by atoms with Crippen molar-refractivity contribution < 1.29 is 23.9 Å². The van der Waals surface area contributed by atoms with E-state index in [-0.39, 0.29) is 13.0 Å². The molecule has 0 radical (unpaired) electrons. The lowest BCUT2D eigenvalue weighted by Gasteiger charge is -2.16. The summed E-state index contributed by atoms with van der Waals surface area (Å²) in [6, 6.07) is 7.00. The zero-order chi connectivity index (χ0) is 20.8. The number of carbonyl (C=O) groups excluding carboxylic acids is 3. The number of ether oxygens (including phenoxy) is 2. The fraction of sp³-hybridized carbons (Fsp3) is 0.500. The van der Waals surface area contributed by atoms with Crippen molar-refractivity contribution in [2.24, 2.45) is 0 Å². The third-order valence-electron chi connectivity index (χ3n) is 3.75. The smallest absolute Gasteiger partial charge is 0.407 e. The van der Waals surface area contributed by atoms with Gasteiger partial charge in [-0.1, -0.05) is 26.7 Å². The minimum Gasteiger partial charge on any atom is -0.462 e. The summed E-state index contributed by atoms with van der Waals surface area (Å²) in [5.41, 5.74) is 0.805. The van der Waals surface area contributed by atoms with Gasteiger partial charge in [-0.25, -0.2) is 9.59 Å². The van der Waals surface area contributed by atoms with Crippen molar-refractivity contribution in [1.82, 2.24) is 5.32 Å². The Hall–Kier alpha value is -3.08. The number of amides is 2. The predicted molar refractivity (Wildman–Crippen MR) is 104 cm³/mol. The van der Waals surface area contributed by atoms with Crippen molar-refractivity contribution in [2.45, 2.75) is 52.0 Å². The molecule has 1 unspecified atom stereocenters. The normalized spacial score (nSPS) is 11.0. The van der Waals surface area contributed by atoms with Gasteiger partial charge >= 0.3 is 12.1 Å². The first-order valence-electron chi connectivity index (χ1n) is 9.40. The van der Waals surface area contributed by atoms with Crippen molar-refractivity contribution >= 4 is 23.7 Å². The molecular weight excluding hydrogens is 362 g/mol. The first-order valence-corrected chi connectivity index (χ1v) is 9.40. The van der Waals surface area contributed by atoms with Gasteiger partial charge in [0.05, 0.1) is 31.3 Å². The summed E-state index contributed by atoms with van der Waals surface area (Å²) in [5, 5.41) is 13.9. The number of benzene rings is 1. The van der Waals surface area contributed by atoms with Gasteiger partial charge in [0.1, 0.15) is 6.04 Å². The fourth-order valence-corrected chi connectivity index (χ4v) is 2.11. The Labute approximate surface area is 165 Å². The van der Waals surface area contributed by atoms with Crippen LogP contribution in [0.5, 0.6) is 0 Å². The molecule has 0 saturated carbocycles. The van der Waals surface area contributed by atoms with Gasteiger partial charge in [0.15, 0.2) is 0 Å². The highest BCUT2D eigenvalue weighted by Crippen LogP contribution is 2.12. The number of nitrogens with one attached hydrogen (secondary N) is 2. The number of alkyl carbamates (subject to hydrolysis) is 1. The second kappa shape index (κ2) is 13.1. The average molecular weight is 389 g/mol. The number of nitriles is 1. The van der Waals surface area contributed by atoms with Crippen LogP contribution in [0.4, 0.5) is 10.5 Å². The summed E-state index contributed by atoms with van der Waals surface area (Å²) in [6.07, 6.45) is 2.38. The lowest BCUT2D eigenvalue weighted by Crippen LogP contribution is -2.43. The predicted octanol–water partition coefficient (Wildman–Crippen LogP) is 3.39. The molecule has 8 nitrogen and oxygen atoms in total. The second-order valence-corrected chi connectivity index (χ2v) is 6.10. The van der Waals surface area contributed by atoms with Gasteiger partial charge in [0.25, 0.3) is 0 Å². The molecular formula is C20H27N3O5. The third kappa shape index (κ3) is 8.54. The van der Waals surface area contributed by atoms with Crippen molar-refractivity contribution in [3.05, 3.63) is 29.8 Å². The van der Waals surface area contributed by atoms with Crippen LogP contribution in [0.1, 0.15) is 56.3 Å². The van der Waals surface area contributed by atoms with Crippen LogP contribution in [0, 0.1) is 11.3 Å². The molecule has 152 valence electrons. The number of unbranched alkanes of at least 4 members (excludes halogenated alkanes) is 2. The van der Waals surface area contributed by atoms with Crippen LogP contribution in [0.15, 0.2) is 24.3 Å². The van der Waals surface area contributed by atoms with Crippen molar-refractivity contribution in [3.8, 4) is 6.07 Å². The SMILES string of the molecule is CCCCOC(=O)NC(CC#N)C(=O)Nc1ccc(C(=O)OCCCC)cc1. The van der Waals surface area contributed by atoms with E-state index in [2.05, 4.69) is 10.6 Å². The number of hydrogen-bond acceptors (Lipinski definition) is 6. The summed E-state index contributed by atoms with van der Waals surface area (Å²) in [5.74, 6) is -0.975. The first-order chi connectivity index (χ1) is 13.5. The number of rotatable bonds is 11. The van der Waals surface area contributed by atoms with E-state index in [9.17, 15) is 14.4 Å². The Bertz CT molecular complexity index is 682. The molecule has 1 atom stereocenters.